The number of rotatable bonds is 4. The van der Waals surface area contributed by atoms with Crippen molar-refractivity contribution in [1.29, 1.82) is 0 Å². The number of nitrogens with zero attached hydrogens (tertiary/aromatic N) is 1. The highest BCUT2D eigenvalue weighted by Gasteiger charge is 2.08. The lowest BCUT2D eigenvalue weighted by molar-refractivity contribution is 0.102. The molecule has 116 valence electrons. The maximum atomic E-state index is 12.3. The van der Waals surface area contributed by atoms with Gasteiger partial charge in [0, 0.05) is 28.3 Å². The average molecular weight is 324 g/mol. The van der Waals surface area contributed by atoms with Crippen molar-refractivity contribution in [2.75, 3.05) is 12.4 Å². The van der Waals surface area contributed by atoms with Gasteiger partial charge in [-0.2, -0.15) is 0 Å². The summed E-state index contributed by atoms with van der Waals surface area (Å²) < 4.78 is 5.15. The molecule has 0 aliphatic carbocycles. The predicted octanol–water partition coefficient (Wildman–Crippen LogP) is 4.38. The van der Waals surface area contributed by atoms with Gasteiger partial charge in [0.05, 0.1) is 17.8 Å². The van der Waals surface area contributed by atoms with E-state index in [-0.39, 0.29) is 5.91 Å². The second-order valence-electron chi connectivity index (χ2n) is 5.02. The van der Waals surface area contributed by atoms with E-state index < -0.39 is 0 Å². The van der Waals surface area contributed by atoms with Crippen molar-refractivity contribution in [3.8, 4) is 17.0 Å². The molecule has 3 aromatic rings. The molecule has 0 atom stereocenters. The smallest absolute Gasteiger partial charge is 0.255 e. The largest absolute Gasteiger partial charge is 0.497 e. The lowest BCUT2D eigenvalue weighted by atomic mass is 10.1. The molecule has 0 saturated carbocycles. The normalized spacial score (nSPS) is 10.3. The van der Waals surface area contributed by atoms with Crippen molar-refractivity contribution in [2.45, 2.75) is 6.92 Å². The van der Waals surface area contributed by atoms with E-state index in [4.69, 9.17) is 4.74 Å². The molecule has 2 aromatic carbocycles. The van der Waals surface area contributed by atoms with Crippen LogP contribution in [0.5, 0.6) is 5.75 Å². The minimum atomic E-state index is -0.153. The molecule has 5 heteroatoms. The zero-order valence-corrected chi connectivity index (χ0v) is 13.7. The molecule has 1 aromatic heterocycles. The summed E-state index contributed by atoms with van der Waals surface area (Å²) in [6.45, 7) is 1.98. The Morgan fingerprint density at radius 1 is 1.17 bits per heavy atom. The van der Waals surface area contributed by atoms with Crippen LogP contribution in [-0.4, -0.2) is 18.0 Å². The van der Waals surface area contributed by atoms with Gasteiger partial charge in [-0.1, -0.05) is 18.2 Å². The number of nitrogens with one attached hydrogen (secondary N) is 1. The zero-order valence-electron chi connectivity index (χ0n) is 12.9. The Balaban J connectivity index is 1.75. The van der Waals surface area contributed by atoms with Crippen LogP contribution < -0.4 is 10.1 Å². The summed E-state index contributed by atoms with van der Waals surface area (Å²) in [5.41, 5.74) is 3.25. The first-order valence-electron chi connectivity index (χ1n) is 7.13. The minimum Gasteiger partial charge on any atom is -0.497 e. The number of thiazole rings is 1. The van der Waals surface area contributed by atoms with Gasteiger partial charge in [-0.05, 0) is 31.2 Å². The number of ether oxygens (including phenoxy) is 1. The second-order valence-corrected chi connectivity index (χ2v) is 6.08. The van der Waals surface area contributed by atoms with Crippen molar-refractivity contribution in [2.24, 2.45) is 0 Å². The highest BCUT2D eigenvalue weighted by molar-refractivity contribution is 7.09. The van der Waals surface area contributed by atoms with Crippen LogP contribution in [0.3, 0.4) is 0 Å². The van der Waals surface area contributed by atoms with Crippen LogP contribution in [0.15, 0.2) is 53.9 Å². The van der Waals surface area contributed by atoms with E-state index in [1.54, 1.807) is 36.6 Å². The second kappa shape index (κ2) is 6.62. The number of aryl methyl sites for hydroxylation is 1. The fourth-order valence-electron chi connectivity index (χ4n) is 2.19. The first-order valence-corrected chi connectivity index (χ1v) is 8.01. The highest BCUT2D eigenvalue weighted by Crippen LogP contribution is 2.22. The Morgan fingerprint density at radius 2 is 1.96 bits per heavy atom. The number of amides is 1. The lowest BCUT2D eigenvalue weighted by Crippen LogP contribution is -2.11. The Kier molecular flexibility index (Phi) is 4.39. The fraction of sp³-hybridized carbons (Fsp3) is 0.111. The number of hydrogen-bond donors (Lipinski definition) is 1. The molecule has 0 aliphatic heterocycles. The summed E-state index contributed by atoms with van der Waals surface area (Å²) in [5, 5.41) is 5.91. The molecular formula is C18H16N2O2S. The van der Waals surface area contributed by atoms with Crippen LogP contribution in [-0.2, 0) is 0 Å². The third kappa shape index (κ3) is 3.57. The van der Waals surface area contributed by atoms with Crippen LogP contribution >= 0.6 is 11.3 Å². The van der Waals surface area contributed by atoms with Gasteiger partial charge < -0.3 is 10.1 Å². The molecule has 0 fully saturated rings. The summed E-state index contributed by atoms with van der Waals surface area (Å²) in [5.74, 6) is 0.552. The number of hydrogen-bond acceptors (Lipinski definition) is 4. The van der Waals surface area contributed by atoms with Crippen LogP contribution in [0.25, 0.3) is 11.3 Å². The van der Waals surface area contributed by atoms with E-state index in [0.717, 1.165) is 16.3 Å². The molecule has 0 bridgehead atoms. The molecule has 4 nitrogen and oxygen atoms in total. The van der Waals surface area contributed by atoms with E-state index in [9.17, 15) is 4.79 Å². The van der Waals surface area contributed by atoms with E-state index >= 15 is 0 Å². The van der Waals surface area contributed by atoms with E-state index in [0.29, 0.717) is 17.0 Å². The molecular weight excluding hydrogens is 308 g/mol. The minimum absolute atomic E-state index is 0.153. The van der Waals surface area contributed by atoms with Gasteiger partial charge in [0.1, 0.15) is 5.75 Å². The summed E-state index contributed by atoms with van der Waals surface area (Å²) in [6.07, 6.45) is 0. The Labute approximate surface area is 138 Å². The fourth-order valence-corrected chi connectivity index (χ4v) is 2.81. The first-order chi connectivity index (χ1) is 11.2. The zero-order chi connectivity index (χ0) is 16.2. The molecule has 23 heavy (non-hydrogen) atoms. The molecule has 1 amide bonds. The Morgan fingerprint density at radius 3 is 2.61 bits per heavy atom. The standard InChI is InChI=1S/C18H16N2O2S/c1-12-19-17(11-23-12)13-6-8-14(9-7-13)18(21)20-15-4-3-5-16(10-15)22-2/h3-11H,1-2H3,(H,20,21). The molecule has 0 radical (unpaired) electrons. The molecule has 3 rings (SSSR count). The topological polar surface area (TPSA) is 51.2 Å². The number of carbonyl (C=O) groups excluding carboxylic acids is 1. The van der Waals surface area contributed by atoms with Gasteiger partial charge in [0.15, 0.2) is 0 Å². The van der Waals surface area contributed by atoms with Crippen molar-refractivity contribution < 1.29 is 9.53 Å². The average Bonchev–Trinajstić information content (AvgIpc) is 3.01. The number of benzene rings is 2. The van der Waals surface area contributed by atoms with Crippen molar-refractivity contribution in [1.82, 2.24) is 4.98 Å². The summed E-state index contributed by atoms with van der Waals surface area (Å²) in [6, 6.07) is 14.7. The number of methoxy groups -OCH3 is 1. The summed E-state index contributed by atoms with van der Waals surface area (Å²) in [7, 11) is 1.60. The third-order valence-corrected chi connectivity index (χ3v) is 4.16. The molecule has 0 aliphatic rings. The van der Waals surface area contributed by atoms with Gasteiger partial charge >= 0.3 is 0 Å². The van der Waals surface area contributed by atoms with Gasteiger partial charge in [-0.25, -0.2) is 4.98 Å². The maximum Gasteiger partial charge on any atom is 0.255 e. The van der Waals surface area contributed by atoms with Crippen molar-refractivity contribution in [3.63, 3.8) is 0 Å². The number of carbonyl (C=O) groups is 1. The molecule has 0 spiro atoms. The Hall–Kier alpha value is -2.66. The van der Waals surface area contributed by atoms with Gasteiger partial charge in [-0.3, -0.25) is 4.79 Å². The van der Waals surface area contributed by atoms with E-state index in [1.165, 1.54) is 0 Å². The van der Waals surface area contributed by atoms with Crippen molar-refractivity contribution >= 4 is 22.9 Å². The van der Waals surface area contributed by atoms with E-state index in [1.807, 2.05) is 42.6 Å². The highest BCUT2D eigenvalue weighted by atomic mass is 32.1. The van der Waals surface area contributed by atoms with E-state index in [2.05, 4.69) is 10.3 Å². The van der Waals surface area contributed by atoms with Crippen molar-refractivity contribution in [3.05, 3.63) is 64.5 Å². The SMILES string of the molecule is COc1cccc(NC(=O)c2ccc(-c3csc(C)n3)cc2)c1. The van der Waals surface area contributed by atoms with Crippen LogP contribution in [0, 0.1) is 6.92 Å². The number of aromatic nitrogens is 1. The lowest BCUT2D eigenvalue weighted by Gasteiger charge is -2.07. The quantitative estimate of drug-likeness (QED) is 0.775. The summed E-state index contributed by atoms with van der Waals surface area (Å²) in [4.78, 5) is 16.7. The third-order valence-electron chi connectivity index (χ3n) is 3.39. The Bertz CT molecular complexity index is 825. The van der Waals surface area contributed by atoms with Crippen LogP contribution in [0.1, 0.15) is 15.4 Å². The first kappa shape index (κ1) is 15.2. The molecule has 0 unspecified atom stereocenters. The molecule has 1 heterocycles. The van der Waals surface area contributed by atoms with Gasteiger partial charge in [-0.15, -0.1) is 11.3 Å². The van der Waals surface area contributed by atoms with Gasteiger partial charge in [0.2, 0.25) is 0 Å². The predicted molar refractivity (Wildman–Crippen MR) is 93.2 cm³/mol. The van der Waals surface area contributed by atoms with Gasteiger partial charge in [0.25, 0.3) is 5.91 Å². The number of anilines is 1. The summed E-state index contributed by atoms with van der Waals surface area (Å²) >= 11 is 1.61. The maximum absolute atomic E-state index is 12.3. The molecule has 1 N–H and O–H groups in total. The van der Waals surface area contributed by atoms with Crippen LogP contribution in [0.2, 0.25) is 0 Å². The van der Waals surface area contributed by atoms with Crippen LogP contribution in [0.4, 0.5) is 5.69 Å². The molecule has 0 saturated heterocycles. The monoisotopic (exact) mass is 324 g/mol.